The average Bonchev–Trinajstić information content (AvgIpc) is 2.74. The Balaban J connectivity index is 1.99. The zero-order chi connectivity index (χ0) is 22.5. The molecule has 158 valence electrons. The van der Waals surface area contributed by atoms with Crippen molar-refractivity contribution in [1.82, 2.24) is 0 Å². The van der Waals surface area contributed by atoms with Crippen LogP contribution in [-0.2, 0) is 14.3 Å². The largest absolute Gasteiger partial charge is 0.463 e. The summed E-state index contributed by atoms with van der Waals surface area (Å²) in [5, 5.41) is 20.5. The summed E-state index contributed by atoms with van der Waals surface area (Å²) in [6.07, 6.45) is 0. The van der Waals surface area contributed by atoms with Crippen LogP contribution in [-0.4, -0.2) is 17.5 Å². The molecule has 1 aliphatic heterocycles. The van der Waals surface area contributed by atoms with Gasteiger partial charge in [0.2, 0.25) is 5.88 Å². The van der Waals surface area contributed by atoms with Gasteiger partial charge in [-0.2, -0.15) is 5.26 Å². The molecule has 0 saturated carbocycles. The smallest absolute Gasteiger partial charge is 0.338 e. The third-order valence-corrected chi connectivity index (χ3v) is 4.58. The van der Waals surface area contributed by atoms with Gasteiger partial charge in [-0.3, -0.25) is 10.1 Å². The quantitative estimate of drug-likeness (QED) is 0.419. The Kier molecular flexibility index (Phi) is 6.21. The SMILES string of the molecule is CCOC(=O)C1=C(C)OC(N)=C(C#N)C1c1cccc(Oc2ccc([N+](=O)[O-])cc2)c1. The first kappa shape index (κ1) is 21.4. The number of non-ortho nitro benzene ring substituents is 1. The summed E-state index contributed by atoms with van der Waals surface area (Å²) >= 11 is 0. The standard InChI is InChI=1S/C22H19N3O6/c1-3-29-22(26)19-13(2)30-21(24)18(12-23)20(19)14-5-4-6-17(11-14)31-16-9-7-15(8-10-16)25(27)28/h4-11,20H,3,24H2,1-2H3. The second-order valence-electron chi connectivity index (χ2n) is 6.54. The second kappa shape index (κ2) is 9.00. The van der Waals surface area contributed by atoms with Crippen LogP contribution in [0.5, 0.6) is 11.5 Å². The first-order valence-electron chi connectivity index (χ1n) is 9.33. The van der Waals surface area contributed by atoms with E-state index >= 15 is 0 Å². The Labute approximate surface area is 178 Å². The predicted molar refractivity (Wildman–Crippen MR) is 110 cm³/mol. The minimum atomic E-state index is -0.793. The van der Waals surface area contributed by atoms with Gasteiger partial charge in [-0.1, -0.05) is 12.1 Å². The molecule has 0 aromatic heterocycles. The number of benzene rings is 2. The fraction of sp³-hybridized carbons (Fsp3) is 0.182. The normalized spacial score (nSPS) is 15.7. The molecule has 3 rings (SSSR count). The Bertz CT molecular complexity index is 1130. The van der Waals surface area contributed by atoms with Gasteiger partial charge in [-0.15, -0.1) is 0 Å². The second-order valence-corrected chi connectivity index (χ2v) is 6.54. The number of esters is 1. The molecule has 0 fully saturated rings. The fourth-order valence-corrected chi connectivity index (χ4v) is 3.22. The van der Waals surface area contributed by atoms with Crippen LogP contribution in [0.15, 0.2) is 71.3 Å². The maximum Gasteiger partial charge on any atom is 0.338 e. The van der Waals surface area contributed by atoms with Gasteiger partial charge in [-0.05, 0) is 43.7 Å². The molecule has 0 spiro atoms. The highest BCUT2D eigenvalue weighted by Gasteiger charge is 2.36. The zero-order valence-electron chi connectivity index (χ0n) is 16.8. The summed E-state index contributed by atoms with van der Waals surface area (Å²) in [4.78, 5) is 22.9. The van der Waals surface area contributed by atoms with Crippen molar-refractivity contribution >= 4 is 11.7 Å². The van der Waals surface area contributed by atoms with E-state index in [0.717, 1.165) is 0 Å². The molecule has 9 heteroatoms. The van der Waals surface area contributed by atoms with Crippen LogP contribution in [0.25, 0.3) is 0 Å². The number of hydrogen-bond donors (Lipinski definition) is 1. The monoisotopic (exact) mass is 421 g/mol. The van der Waals surface area contributed by atoms with Gasteiger partial charge in [0.1, 0.15) is 28.9 Å². The first-order valence-corrected chi connectivity index (χ1v) is 9.33. The highest BCUT2D eigenvalue weighted by atomic mass is 16.6. The van der Waals surface area contributed by atoms with Crippen LogP contribution < -0.4 is 10.5 Å². The molecule has 9 nitrogen and oxygen atoms in total. The summed E-state index contributed by atoms with van der Waals surface area (Å²) in [5.41, 5.74) is 6.69. The lowest BCUT2D eigenvalue weighted by Crippen LogP contribution is -2.25. The number of nitro groups is 1. The van der Waals surface area contributed by atoms with Crippen molar-refractivity contribution in [1.29, 1.82) is 5.26 Å². The number of carbonyl (C=O) groups is 1. The molecule has 1 atom stereocenters. The van der Waals surface area contributed by atoms with Crippen LogP contribution in [0, 0.1) is 21.4 Å². The Hall–Kier alpha value is -4.32. The molecule has 0 aliphatic carbocycles. The molecule has 1 heterocycles. The van der Waals surface area contributed by atoms with Gasteiger partial charge in [0.25, 0.3) is 5.69 Å². The van der Waals surface area contributed by atoms with E-state index in [2.05, 4.69) is 0 Å². The van der Waals surface area contributed by atoms with E-state index in [-0.39, 0.29) is 35.1 Å². The Morgan fingerprint density at radius 1 is 1.26 bits per heavy atom. The molecule has 0 radical (unpaired) electrons. The maximum absolute atomic E-state index is 12.6. The molecular weight excluding hydrogens is 402 g/mol. The summed E-state index contributed by atoms with van der Waals surface area (Å²) in [7, 11) is 0. The molecule has 0 amide bonds. The molecule has 2 N–H and O–H groups in total. The van der Waals surface area contributed by atoms with Crippen LogP contribution in [0.1, 0.15) is 25.3 Å². The highest BCUT2D eigenvalue weighted by Crippen LogP contribution is 2.40. The number of nitrogens with zero attached hydrogens (tertiary/aromatic N) is 2. The van der Waals surface area contributed by atoms with E-state index in [4.69, 9.17) is 19.9 Å². The first-order chi connectivity index (χ1) is 14.8. The number of nitrogens with two attached hydrogens (primary N) is 1. The maximum atomic E-state index is 12.6. The van der Waals surface area contributed by atoms with E-state index in [1.54, 1.807) is 38.1 Å². The highest BCUT2D eigenvalue weighted by molar-refractivity contribution is 5.92. The summed E-state index contributed by atoms with van der Waals surface area (Å²) in [5.74, 6) is -0.427. The van der Waals surface area contributed by atoms with Crippen LogP contribution in [0.3, 0.4) is 0 Å². The fourth-order valence-electron chi connectivity index (χ4n) is 3.22. The molecule has 2 aromatic rings. The van der Waals surface area contributed by atoms with Crippen LogP contribution in [0.4, 0.5) is 5.69 Å². The molecule has 0 saturated heterocycles. The lowest BCUT2D eigenvalue weighted by Gasteiger charge is -2.27. The van der Waals surface area contributed by atoms with Gasteiger partial charge in [0.05, 0.1) is 23.0 Å². The molecule has 31 heavy (non-hydrogen) atoms. The number of nitro benzene ring substituents is 1. The summed E-state index contributed by atoms with van der Waals surface area (Å²) < 4.78 is 16.4. The molecule has 1 aliphatic rings. The third kappa shape index (κ3) is 4.48. The van der Waals surface area contributed by atoms with E-state index < -0.39 is 16.8 Å². The van der Waals surface area contributed by atoms with Crippen LogP contribution >= 0.6 is 0 Å². The predicted octanol–water partition coefficient (Wildman–Crippen LogP) is 4.03. The number of hydrogen-bond acceptors (Lipinski definition) is 8. The van der Waals surface area contributed by atoms with Gasteiger partial charge >= 0.3 is 5.97 Å². The molecule has 1 unspecified atom stereocenters. The number of nitriles is 1. The topological polar surface area (TPSA) is 138 Å². The number of rotatable bonds is 6. The van der Waals surface area contributed by atoms with Crippen molar-refractivity contribution in [3.8, 4) is 17.6 Å². The van der Waals surface area contributed by atoms with Crippen molar-refractivity contribution in [2.24, 2.45) is 5.73 Å². The van der Waals surface area contributed by atoms with Gasteiger partial charge in [0.15, 0.2) is 0 Å². The van der Waals surface area contributed by atoms with Gasteiger partial charge in [-0.25, -0.2) is 4.79 Å². The van der Waals surface area contributed by atoms with Crippen molar-refractivity contribution in [3.63, 3.8) is 0 Å². The van der Waals surface area contributed by atoms with E-state index in [1.807, 2.05) is 6.07 Å². The Morgan fingerprint density at radius 3 is 2.58 bits per heavy atom. The van der Waals surface area contributed by atoms with Crippen molar-refractivity contribution in [2.75, 3.05) is 6.61 Å². The number of ether oxygens (including phenoxy) is 3. The van der Waals surface area contributed by atoms with Gasteiger partial charge in [0, 0.05) is 12.1 Å². The van der Waals surface area contributed by atoms with Crippen molar-refractivity contribution in [2.45, 2.75) is 19.8 Å². The average molecular weight is 421 g/mol. The van der Waals surface area contributed by atoms with Crippen molar-refractivity contribution < 1.29 is 23.9 Å². The third-order valence-electron chi connectivity index (χ3n) is 4.58. The lowest BCUT2D eigenvalue weighted by molar-refractivity contribution is -0.384. The Morgan fingerprint density at radius 2 is 1.97 bits per heavy atom. The summed E-state index contributed by atoms with van der Waals surface area (Å²) in [6, 6.07) is 14.4. The van der Waals surface area contributed by atoms with Gasteiger partial charge < -0.3 is 19.9 Å². The zero-order valence-corrected chi connectivity index (χ0v) is 16.8. The lowest BCUT2D eigenvalue weighted by atomic mass is 9.83. The van der Waals surface area contributed by atoms with Crippen molar-refractivity contribution in [3.05, 3.63) is 87.0 Å². The molecule has 0 bridgehead atoms. The molecule has 2 aromatic carbocycles. The number of carbonyl (C=O) groups excluding carboxylic acids is 1. The minimum absolute atomic E-state index is 0.0535. The van der Waals surface area contributed by atoms with E-state index in [0.29, 0.717) is 17.1 Å². The van der Waals surface area contributed by atoms with Crippen LogP contribution in [0.2, 0.25) is 0 Å². The summed E-state index contributed by atoms with van der Waals surface area (Å²) in [6.45, 7) is 3.42. The minimum Gasteiger partial charge on any atom is -0.463 e. The molecular formula is C22H19N3O6. The number of allylic oxidation sites excluding steroid dienone is 2. The van der Waals surface area contributed by atoms with E-state index in [1.165, 1.54) is 24.3 Å². The van der Waals surface area contributed by atoms with E-state index in [9.17, 15) is 20.2 Å².